The van der Waals surface area contributed by atoms with Gasteiger partial charge in [-0.3, -0.25) is 0 Å². The monoisotopic (exact) mass is 427 g/mol. The van der Waals surface area contributed by atoms with Gasteiger partial charge in [0, 0.05) is 37.1 Å². The zero-order valence-corrected chi connectivity index (χ0v) is 16.7. The molecule has 0 saturated carbocycles. The van der Waals surface area contributed by atoms with Crippen molar-refractivity contribution in [3.8, 4) is 0 Å². The molecule has 2 aliphatic rings. The third-order valence-electron chi connectivity index (χ3n) is 5.05. The van der Waals surface area contributed by atoms with Gasteiger partial charge in [-0.1, -0.05) is 12.1 Å². The van der Waals surface area contributed by atoms with E-state index >= 15 is 0 Å². The molecule has 1 aromatic rings. The second-order valence-corrected chi connectivity index (χ2v) is 8.42. The second kappa shape index (κ2) is 9.71. The van der Waals surface area contributed by atoms with Crippen LogP contribution in [0.2, 0.25) is 0 Å². The van der Waals surface area contributed by atoms with Crippen molar-refractivity contribution < 1.29 is 27.8 Å². The minimum atomic E-state index is -3.11. The summed E-state index contributed by atoms with van der Waals surface area (Å²) in [5.41, 5.74) is -0.0624. The number of alkyl halides is 2. The average Bonchev–Trinajstić information content (AvgIpc) is 2.70. The van der Waals surface area contributed by atoms with Crippen LogP contribution in [0.5, 0.6) is 0 Å². The lowest BCUT2D eigenvalue weighted by Gasteiger charge is -2.36. The summed E-state index contributed by atoms with van der Waals surface area (Å²) in [5, 5.41) is 9.01. The molecule has 0 radical (unpaired) electrons. The van der Waals surface area contributed by atoms with E-state index in [0.29, 0.717) is 13.2 Å². The van der Waals surface area contributed by atoms with E-state index in [1.165, 1.54) is 17.8 Å². The Hall–Kier alpha value is -1.93. The standard InChI is InChI=1S/C21H24F3NO3S/c22-17-7-5-16(6-8-17)21(23,24)9-12-29-19-18(20(26)27)4-1-10-25(19)13-15-3-2-11-28-14-15/h1,4-8,10,15,19H,2-3,9,11-14H2,(H,26,27). The predicted molar refractivity (Wildman–Crippen MR) is 106 cm³/mol. The van der Waals surface area contributed by atoms with Gasteiger partial charge < -0.3 is 14.7 Å². The maximum absolute atomic E-state index is 14.5. The lowest BCUT2D eigenvalue weighted by molar-refractivity contribution is -0.133. The molecule has 0 bridgehead atoms. The Morgan fingerprint density at radius 2 is 2.07 bits per heavy atom. The number of hydrogen-bond donors (Lipinski definition) is 1. The number of carboxylic acids is 1. The molecule has 2 unspecified atom stereocenters. The first-order valence-corrected chi connectivity index (χ1v) is 10.6. The van der Waals surface area contributed by atoms with Crippen LogP contribution in [0.3, 0.4) is 0 Å². The van der Waals surface area contributed by atoms with E-state index < -0.39 is 29.5 Å². The molecule has 0 amide bonds. The van der Waals surface area contributed by atoms with Crippen molar-refractivity contribution in [2.75, 3.05) is 25.5 Å². The summed E-state index contributed by atoms with van der Waals surface area (Å²) in [6.45, 7) is 1.98. The van der Waals surface area contributed by atoms with Crippen molar-refractivity contribution >= 4 is 17.7 Å². The Labute approximate surface area is 172 Å². The van der Waals surface area contributed by atoms with E-state index in [-0.39, 0.29) is 22.8 Å². The number of ether oxygens (including phenoxy) is 1. The number of halogens is 3. The number of nitrogens with zero attached hydrogens (tertiary/aromatic N) is 1. The molecule has 3 rings (SSSR count). The molecule has 0 spiro atoms. The fourth-order valence-corrected chi connectivity index (χ4v) is 4.81. The molecular weight excluding hydrogens is 403 g/mol. The highest BCUT2D eigenvalue weighted by Gasteiger charge is 2.34. The van der Waals surface area contributed by atoms with Crippen molar-refractivity contribution in [1.29, 1.82) is 0 Å². The molecule has 1 fully saturated rings. The zero-order chi connectivity index (χ0) is 20.9. The summed E-state index contributed by atoms with van der Waals surface area (Å²) in [6.07, 6.45) is 6.51. The predicted octanol–water partition coefficient (Wildman–Crippen LogP) is 4.63. The SMILES string of the molecule is O=C(O)C1=CC=CN(CC2CCCOC2)C1SCCC(F)(F)c1ccc(F)cc1. The molecule has 1 aromatic carbocycles. The Balaban J connectivity index is 1.64. The van der Waals surface area contributed by atoms with Crippen LogP contribution in [-0.2, 0) is 15.5 Å². The number of carbonyl (C=O) groups is 1. The summed E-state index contributed by atoms with van der Waals surface area (Å²) in [6, 6.07) is 4.20. The highest BCUT2D eigenvalue weighted by atomic mass is 32.2. The summed E-state index contributed by atoms with van der Waals surface area (Å²) in [7, 11) is 0. The topological polar surface area (TPSA) is 49.8 Å². The molecule has 0 aromatic heterocycles. The van der Waals surface area contributed by atoms with Crippen LogP contribution in [0, 0.1) is 11.7 Å². The highest BCUT2D eigenvalue weighted by Crippen LogP contribution is 2.36. The van der Waals surface area contributed by atoms with E-state index in [1.807, 2.05) is 11.1 Å². The Bertz CT molecular complexity index is 761. The summed E-state index contributed by atoms with van der Waals surface area (Å²) >= 11 is 1.19. The van der Waals surface area contributed by atoms with E-state index in [2.05, 4.69) is 0 Å². The van der Waals surface area contributed by atoms with Gasteiger partial charge in [-0.25, -0.2) is 18.0 Å². The van der Waals surface area contributed by atoms with Crippen LogP contribution in [0.4, 0.5) is 13.2 Å². The molecule has 2 heterocycles. The molecule has 2 aliphatic heterocycles. The van der Waals surface area contributed by atoms with Crippen LogP contribution >= 0.6 is 11.8 Å². The van der Waals surface area contributed by atoms with Crippen LogP contribution < -0.4 is 0 Å². The minimum absolute atomic E-state index is 0.0607. The van der Waals surface area contributed by atoms with Gasteiger partial charge in [0.1, 0.15) is 11.2 Å². The number of rotatable bonds is 8. The van der Waals surface area contributed by atoms with Crippen molar-refractivity contribution in [3.63, 3.8) is 0 Å². The average molecular weight is 427 g/mol. The smallest absolute Gasteiger partial charge is 0.334 e. The Kier molecular flexibility index (Phi) is 7.29. The number of aliphatic carboxylic acids is 1. The van der Waals surface area contributed by atoms with Crippen molar-refractivity contribution in [2.45, 2.75) is 30.6 Å². The molecule has 158 valence electrons. The lowest BCUT2D eigenvalue weighted by atomic mass is 10.0. The molecule has 29 heavy (non-hydrogen) atoms. The van der Waals surface area contributed by atoms with E-state index in [4.69, 9.17) is 4.74 Å². The maximum atomic E-state index is 14.5. The Morgan fingerprint density at radius 3 is 2.72 bits per heavy atom. The van der Waals surface area contributed by atoms with Gasteiger partial charge in [0.25, 0.3) is 5.92 Å². The third kappa shape index (κ3) is 5.79. The van der Waals surface area contributed by atoms with Gasteiger partial charge in [0.2, 0.25) is 0 Å². The molecule has 4 nitrogen and oxygen atoms in total. The second-order valence-electron chi connectivity index (χ2n) is 7.23. The van der Waals surface area contributed by atoms with Gasteiger partial charge in [-0.05, 0) is 43.0 Å². The van der Waals surface area contributed by atoms with Crippen LogP contribution in [0.25, 0.3) is 0 Å². The first-order chi connectivity index (χ1) is 13.9. The highest BCUT2D eigenvalue weighted by molar-refractivity contribution is 8.00. The van der Waals surface area contributed by atoms with E-state index in [0.717, 1.165) is 43.7 Å². The molecule has 1 N–H and O–H groups in total. The van der Waals surface area contributed by atoms with Crippen molar-refractivity contribution in [2.24, 2.45) is 5.92 Å². The van der Waals surface area contributed by atoms with Gasteiger partial charge in [-0.15, -0.1) is 11.8 Å². The zero-order valence-electron chi connectivity index (χ0n) is 15.9. The number of benzene rings is 1. The minimum Gasteiger partial charge on any atom is -0.478 e. The maximum Gasteiger partial charge on any atom is 0.334 e. The quantitative estimate of drug-likeness (QED) is 0.655. The number of thioether (sulfide) groups is 1. The van der Waals surface area contributed by atoms with Crippen LogP contribution in [0.15, 0.2) is 48.2 Å². The van der Waals surface area contributed by atoms with Gasteiger partial charge in [0.05, 0.1) is 12.2 Å². The lowest BCUT2D eigenvalue weighted by Crippen LogP contribution is -2.39. The van der Waals surface area contributed by atoms with Gasteiger partial charge in [-0.2, -0.15) is 0 Å². The Morgan fingerprint density at radius 1 is 1.31 bits per heavy atom. The van der Waals surface area contributed by atoms with Crippen LogP contribution in [0.1, 0.15) is 24.8 Å². The third-order valence-corrected chi connectivity index (χ3v) is 6.33. The van der Waals surface area contributed by atoms with Crippen molar-refractivity contribution in [1.82, 2.24) is 4.90 Å². The molecule has 8 heteroatoms. The molecule has 1 saturated heterocycles. The summed E-state index contributed by atoms with van der Waals surface area (Å²) in [4.78, 5) is 13.6. The summed E-state index contributed by atoms with van der Waals surface area (Å²) in [5.74, 6) is -4.38. The van der Waals surface area contributed by atoms with Crippen molar-refractivity contribution in [3.05, 3.63) is 59.6 Å². The normalized spacial score (nSPS) is 22.4. The number of allylic oxidation sites excluding steroid dienone is 2. The van der Waals surface area contributed by atoms with Crippen LogP contribution in [-0.4, -0.2) is 46.9 Å². The van der Waals surface area contributed by atoms with E-state index in [1.54, 1.807) is 6.08 Å². The fourth-order valence-electron chi connectivity index (χ4n) is 3.50. The largest absolute Gasteiger partial charge is 0.478 e. The molecular formula is C21H24F3NO3S. The molecule has 0 aliphatic carbocycles. The molecule has 2 atom stereocenters. The van der Waals surface area contributed by atoms with Gasteiger partial charge >= 0.3 is 5.97 Å². The van der Waals surface area contributed by atoms with Gasteiger partial charge in [0.15, 0.2) is 0 Å². The first kappa shape index (κ1) is 21.8. The number of carboxylic acid groups (broad SMARTS) is 1. The van der Waals surface area contributed by atoms with E-state index in [9.17, 15) is 23.1 Å². The summed E-state index contributed by atoms with van der Waals surface area (Å²) < 4.78 is 47.4. The first-order valence-electron chi connectivity index (χ1n) is 9.57. The fraction of sp³-hybridized carbons (Fsp3) is 0.476. The number of hydrogen-bond acceptors (Lipinski definition) is 4.